The molecule has 1 unspecified atom stereocenters. The zero-order valence-corrected chi connectivity index (χ0v) is 15.3. The van der Waals surface area contributed by atoms with Gasteiger partial charge >= 0.3 is 0 Å². The number of carbonyl (C=O) groups excluding carboxylic acids is 2. The Morgan fingerprint density at radius 2 is 2.00 bits per heavy atom. The smallest absolute Gasteiger partial charge is 0.282 e. The molecule has 1 rings (SSSR count). The standard InChI is InChI=1S/C18H26N4O3/c1-14(2)20-17(23)12-21(3)13-18(24)22(11-7-10-19)15-8-5-6-9-16(15)25-4/h5-6,8-9,14H,7,11-13H2,1-4H3,(H,20,23)/p+1. The lowest BCUT2D eigenvalue weighted by atomic mass is 10.2. The van der Waals surface area contributed by atoms with Crippen LogP contribution in [0.3, 0.4) is 0 Å². The number of para-hydroxylation sites is 2. The Morgan fingerprint density at radius 3 is 2.60 bits per heavy atom. The quantitative estimate of drug-likeness (QED) is 0.657. The number of methoxy groups -OCH3 is 1. The van der Waals surface area contributed by atoms with Crippen LogP contribution >= 0.6 is 0 Å². The SMILES string of the molecule is COc1ccccc1N(CCC#N)C(=O)C[NH+](C)CC(=O)NC(C)C. The molecule has 0 aliphatic heterocycles. The number of benzene rings is 1. The highest BCUT2D eigenvalue weighted by molar-refractivity contribution is 5.95. The van der Waals surface area contributed by atoms with Crippen LogP contribution in [0.1, 0.15) is 20.3 Å². The van der Waals surface area contributed by atoms with Crippen LogP contribution in [0.4, 0.5) is 5.69 Å². The van der Waals surface area contributed by atoms with E-state index in [0.29, 0.717) is 11.4 Å². The molecule has 1 aromatic carbocycles. The van der Waals surface area contributed by atoms with Crippen LogP contribution < -0.4 is 19.9 Å². The Labute approximate surface area is 149 Å². The molecule has 7 heteroatoms. The van der Waals surface area contributed by atoms with Gasteiger partial charge in [0.1, 0.15) is 5.75 Å². The van der Waals surface area contributed by atoms with Crippen LogP contribution in [0.2, 0.25) is 0 Å². The van der Waals surface area contributed by atoms with Crippen molar-refractivity contribution >= 4 is 17.5 Å². The van der Waals surface area contributed by atoms with Crippen LogP contribution in [0, 0.1) is 11.3 Å². The van der Waals surface area contributed by atoms with E-state index in [1.54, 1.807) is 31.2 Å². The predicted octanol–water partition coefficient (Wildman–Crippen LogP) is -0.0188. The molecule has 1 atom stereocenters. The van der Waals surface area contributed by atoms with Crippen molar-refractivity contribution in [1.82, 2.24) is 5.32 Å². The molecule has 0 aliphatic carbocycles. The van der Waals surface area contributed by atoms with Gasteiger partial charge in [0.2, 0.25) is 0 Å². The van der Waals surface area contributed by atoms with E-state index in [9.17, 15) is 9.59 Å². The van der Waals surface area contributed by atoms with Crippen molar-refractivity contribution in [3.8, 4) is 11.8 Å². The summed E-state index contributed by atoms with van der Waals surface area (Å²) in [6.07, 6.45) is 0.219. The minimum absolute atomic E-state index is 0.0664. The number of nitriles is 1. The van der Waals surface area contributed by atoms with E-state index in [2.05, 4.69) is 11.4 Å². The predicted molar refractivity (Wildman–Crippen MR) is 95.5 cm³/mol. The van der Waals surface area contributed by atoms with E-state index in [1.165, 1.54) is 0 Å². The first-order valence-electron chi connectivity index (χ1n) is 8.30. The number of carbonyl (C=O) groups is 2. The normalized spacial score (nSPS) is 11.5. The lowest BCUT2D eigenvalue weighted by molar-refractivity contribution is -0.862. The Morgan fingerprint density at radius 1 is 1.32 bits per heavy atom. The maximum atomic E-state index is 12.7. The number of rotatable bonds is 9. The van der Waals surface area contributed by atoms with Crippen molar-refractivity contribution in [3.05, 3.63) is 24.3 Å². The molecule has 7 nitrogen and oxygen atoms in total. The van der Waals surface area contributed by atoms with Crippen molar-refractivity contribution in [2.75, 3.05) is 38.7 Å². The van der Waals surface area contributed by atoms with Gasteiger partial charge in [0.25, 0.3) is 11.8 Å². The largest absolute Gasteiger partial charge is 0.495 e. The van der Waals surface area contributed by atoms with Crippen LogP contribution in [-0.4, -0.2) is 51.6 Å². The summed E-state index contributed by atoms with van der Waals surface area (Å²) in [5.74, 6) is 0.319. The van der Waals surface area contributed by atoms with E-state index in [0.717, 1.165) is 4.90 Å². The lowest BCUT2D eigenvalue weighted by Crippen LogP contribution is -3.11. The second-order valence-electron chi connectivity index (χ2n) is 6.16. The molecular formula is C18H27N4O3+. The molecule has 0 saturated carbocycles. The average molecular weight is 347 g/mol. The van der Waals surface area contributed by atoms with E-state index in [4.69, 9.17) is 10.00 Å². The summed E-state index contributed by atoms with van der Waals surface area (Å²) < 4.78 is 5.32. The molecular weight excluding hydrogens is 320 g/mol. The van der Waals surface area contributed by atoms with Gasteiger partial charge in [-0.3, -0.25) is 9.59 Å². The van der Waals surface area contributed by atoms with E-state index in [-0.39, 0.29) is 43.9 Å². The van der Waals surface area contributed by atoms with Crippen molar-refractivity contribution in [2.24, 2.45) is 0 Å². The van der Waals surface area contributed by atoms with Gasteiger partial charge in [-0.15, -0.1) is 0 Å². The van der Waals surface area contributed by atoms with Gasteiger partial charge in [-0.1, -0.05) is 12.1 Å². The highest BCUT2D eigenvalue weighted by atomic mass is 16.5. The summed E-state index contributed by atoms with van der Waals surface area (Å²) in [6, 6.07) is 9.33. The molecule has 2 N–H and O–H groups in total. The number of amides is 2. The number of hydrogen-bond acceptors (Lipinski definition) is 4. The second-order valence-corrected chi connectivity index (χ2v) is 6.16. The maximum Gasteiger partial charge on any atom is 0.282 e. The third-order valence-electron chi connectivity index (χ3n) is 3.49. The monoisotopic (exact) mass is 347 g/mol. The number of nitrogens with one attached hydrogen (secondary N) is 2. The number of likely N-dealkylation sites (N-methyl/N-ethyl adjacent to an activating group) is 1. The highest BCUT2D eigenvalue weighted by Gasteiger charge is 2.23. The van der Waals surface area contributed by atoms with Gasteiger partial charge in [-0.25, -0.2) is 0 Å². The minimum atomic E-state index is -0.158. The van der Waals surface area contributed by atoms with Gasteiger partial charge in [0.15, 0.2) is 13.1 Å². The average Bonchev–Trinajstić information content (AvgIpc) is 2.54. The zero-order valence-electron chi connectivity index (χ0n) is 15.3. The fourth-order valence-electron chi connectivity index (χ4n) is 2.46. The number of anilines is 1. The molecule has 0 aliphatic rings. The first kappa shape index (κ1) is 20.5. The lowest BCUT2D eigenvalue weighted by Gasteiger charge is -2.25. The molecule has 1 aromatic rings. The molecule has 0 spiro atoms. The third-order valence-corrected chi connectivity index (χ3v) is 3.49. The third kappa shape index (κ3) is 6.81. The fourth-order valence-corrected chi connectivity index (χ4v) is 2.46. The topological polar surface area (TPSA) is 86.9 Å². The molecule has 25 heavy (non-hydrogen) atoms. The van der Waals surface area contributed by atoms with Gasteiger partial charge in [-0.05, 0) is 26.0 Å². The number of hydrogen-bond donors (Lipinski definition) is 2. The molecule has 136 valence electrons. The summed E-state index contributed by atoms with van der Waals surface area (Å²) in [5.41, 5.74) is 0.629. The highest BCUT2D eigenvalue weighted by Crippen LogP contribution is 2.27. The van der Waals surface area contributed by atoms with Crippen molar-refractivity contribution in [2.45, 2.75) is 26.3 Å². The van der Waals surface area contributed by atoms with E-state index < -0.39 is 0 Å². The van der Waals surface area contributed by atoms with Crippen LogP contribution in [0.5, 0.6) is 5.75 Å². The molecule has 0 fully saturated rings. The molecule has 0 saturated heterocycles. The van der Waals surface area contributed by atoms with Gasteiger partial charge in [0, 0.05) is 12.6 Å². The van der Waals surface area contributed by atoms with Crippen molar-refractivity contribution < 1.29 is 19.2 Å². The Bertz CT molecular complexity index is 625. The molecule has 0 aromatic heterocycles. The minimum Gasteiger partial charge on any atom is -0.495 e. The first-order valence-corrected chi connectivity index (χ1v) is 8.30. The number of quaternary nitrogens is 1. The van der Waals surface area contributed by atoms with E-state index >= 15 is 0 Å². The summed E-state index contributed by atoms with van der Waals surface area (Å²) >= 11 is 0. The van der Waals surface area contributed by atoms with Crippen LogP contribution in [0.15, 0.2) is 24.3 Å². The summed E-state index contributed by atoms with van der Waals surface area (Å²) in [4.78, 5) is 26.9. The van der Waals surface area contributed by atoms with Gasteiger partial charge < -0.3 is 19.9 Å². The maximum absolute atomic E-state index is 12.7. The number of nitrogens with zero attached hydrogens (tertiary/aromatic N) is 2. The number of ether oxygens (including phenoxy) is 1. The molecule has 0 heterocycles. The zero-order chi connectivity index (χ0) is 18.8. The van der Waals surface area contributed by atoms with Gasteiger partial charge in [0.05, 0.1) is 32.3 Å². The Balaban J connectivity index is 2.83. The molecule has 0 bridgehead atoms. The van der Waals surface area contributed by atoms with E-state index in [1.807, 2.05) is 26.0 Å². The van der Waals surface area contributed by atoms with Crippen molar-refractivity contribution in [1.29, 1.82) is 5.26 Å². The Hall–Kier alpha value is -2.59. The molecule has 2 amide bonds. The van der Waals surface area contributed by atoms with Gasteiger partial charge in [-0.2, -0.15) is 5.26 Å². The summed E-state index contributed by atoms with van der Waals surface area (Å²) in [5, 5.41) is 11.7. The van der Waals surface area contributed by atoms with Crippen LogP contribution in [0.25, 0.3) is 0 Å². The second kappa shape index (κ2) is 10.3. The summed E-state index contributed by atoms with van der Waals surface area (Å²) in [7, 11) is 3.34. The Kier molecular flexibility index (Phi) is 8.44. The summed E-state index contributed by atoms with van der Waals surface area (Å²) in [6.45, 7) is 4.42. The van der Waals surface area contributed by atoms with Crippen LogP contribution in [-0.2, 0) is 9.59 Å². The molecule has 0 radical (unpaired) electrons. The van der Waals surface area contributed by atoms with Crippen molar-refractivity contribution in [3.63, 3.8) is 0 Å². The first-order chi connectivity index (χ1) is 11.9. The fraction of sp³-hybridized carbons (Fsp3) is 0.500.